The summed E-state index contributed by atoms with van der Waals surface area (Å²) in [6, 6.07) is 8.79. The van der Waals surface area contributed by atoms with E-state index in [0.29, 0.717) is 5.73 Å². The van der Waals surface area contributed by atoms with Gasteiger partial charge in [-0.3, -0.25) is 4.90 Å². The van der Waals surface area contributed by atoms with Crippen molar-refractivity contribution in [1.29, 1.82) is 0 Å². The van der Waals surface area contributed by atoms with Crippen molar-refractivity contribution in [3.05, 3.63) is 42.0 Å². The first-order valence-corrected chi connectivity index (χ1v) is 14.9. The molecule has 1 aromatic carbocycles. The lowest BCUT2D eigenvalue weighted by atomic mass is 9.90. The van der Waals surface area contributed by atoms with Gasteiger partial charge in [0.05, 0.1) is 14.5 Å². The maximum Gasteiger partial charge on any atom is 0.119 e. The molecule has 0 heterocycles. The van der Waals surface area contributed by atoms with Gasteiger partial charge in [-0.25, -0.2) is 0 Å². The number of hydrogen-bond donors (Lipinski definition) is 0. The standard InChI is InChI=1S/C27H43NOSi/c1-7-28(20-13-9-12-19-27(2,3)4)22-23-15-14-18-25(21-23)29-26(30(5)6)24-16-10-8-11-17-24/h9,13-15,18,21,24,26,30H,7-8,10-11,16-17,20,22H2,1-6H3/b13-9+. The van der Waals surface area contributed by atoms with Crippen molar-refractivity contribution in [3.63, 3.8) is 0 Å². The summed E-state index contributed by atoms with van der Waals surface area (Å²) in [5.41, 5.74) is 1.85. The van der Waals surface area contributed by atoms with Gasteiger partial charge in [0.15, 0.2) is 0 Å². The first-order valence-electron chi connectivity index (χ1n) is 11.9. The Kier molecular flexibility index (Phi) is 10.2. The molecule has 0 amide bonds. The van der Waals surface area contributed by atoms with E-state index in [1.54, 1.807) is 0 Å². The average molecular weight is 426 g/mol. The van der Waals surface area contributed by atoms with Crippen LogP contribution in [0.4, 0.5) is 0 Å². The zero-order valence-electron chi connectivity index (χ0n) is 20.2. The fourth-order valence-electron chi connectivity index (χ4n) is 4.20. The van der Waals surface area contributed by atoms with E-state index in [1.165, 1.54) is 37.7 Å². The van der Waals surface area contributed by atoms with Crippen LogP contribution in [0, 0.1) is 23.2 Å². The minimum atomic E-state index is -0.869. The van der Waals surface area contributed by atoms with Gasteiger partial charge >= 0.3 is 0 Å². The maximum absolute atomic E-state index is 6.63. The topological polar surface area (TPSA) is 12.5 Å². The Labute approximate surface area is 187 Å². The summed E-state index contributed by atoms with van der Waals surface area (Å²) in [6.07, 6.45) is 11.0. The van der Waals surface area contributed by atoms with Crippen LogP contribution in [0.15, 0.2) is 36.4 Å². The van der Waals surface area contributed by atoms with Crippen LogP contribution in [0.2, 0.25) is 13.1 Å². The molecule has 3 heteroatoms. The Hall–Kier alpha value is -1.50. The number of rotatable bonds is 9. The van der Waals surface area contributed by atoms with Gasteiger partial charge in [-0.1, -0.05) is 69.3 Å². The minimum absolute atomic E-state index is 0.0591. The third-order valence-electron chi connectivity index (χ3n) is 5.81. The van der Waals surface area contributed by atoms with Crippen molar-refractivity contribution in [2.24, 2.45) is 11.3 Å². The van der Waals surface area contributed by atoms with Crippen LogP contribution in [0.5, 0.6) is 5.75 Å². The van der Waals surface area contributed by atoms with Crippen molar-refractivity contribution in [3.8, 4) is 17.6 Å². The largest absolute Gasteiger partial charge is 0.494 e. The first-order chi connectivity index (χ1) is 14.3. The fraction of sp³-hybridized carbons (Fsp3) is 0.630. The Bertz CT molecular complexity index is 716. The summed E-state index contributed by atoms with van der Waals surface area (Å²) in [5, 5.41) is 0. The summed E-state index contributed by atoms with van der Waals surface area (Å²) < 4.78 is 6.63. The van der Waals surface area contributed by atoms with E-state index in [4.69, 9.17) is 4.74 Å². The highest BCUT2D eigenvalue weighted by atomic mass is 28.3. The number of likely N-dealkylation sites (N-methyl/N-ethyl adjacent to an activating group) is 1. The van der Waals surface area contributed by atoms with Gasteiger partial charge < -0.3 is 4.74 Å². The summed E-state index contributed by atoms with van der Waals surface area (Å²) in [5.74, 6) is 8.25. The number of nitrogens with zero attached hydrogens (tertiary/aromatic N) is 1. The number of hydrogen-bond acceptors (Lipinski definition) is 2. The van der Waals surface area contributed by atoms with E-state index < -0.39 is 8.80 Å². The lowest BCUT2D eigenvalue weighted by Gasteiger charge is -2.33. The molecular weight excluding hydrogens is 382 g/mol. The van der Waals surface area contributed by atoms with Gasteiger partial charge in [-0.05, 0) is 69.8 Å². The molecule has 0 spiro atoms. The van der Waals surface area contributed by atoms with E-state index in [9.17, 15) is 0 Å². The van der Waals surface area contributed by atoms with Crippen molar-refractivity contribution < 1.29 is 4.74 Å². The summed E-state index contributed by atoms with van der Waals surface area (Å²) in [4.78, 5) is 2.43. The van der Waals surface area contributed by atoms with Crippen molar-refractivity contribution in [1.82, 2.24) is 4.90 Å². The normalized spacial score (nSPS) is 16.7. The van der Waals surface area contributed by atoms with Crippen LogP contribution in [-0.4, -0.2) is 32.5 Å². The number of ether oxygens (including phenoxy) is 1. The van der Waals surface area contributed by atoms with E-state index in [1.807, 2.05) is 6.08 Å². The lowest BCUT2D eigenvalue weighted by molar-refractivity contribution is 0.167. The van der Waals surface area contributed by atoms with Gasteiger partial charge in [-0.15, -0.1) is 0 Å². The molecule has 166 valence electrons. The number of allylic oxidation sites excluding steroid dienone is 1. The summed E-state index contributed by atoms with van der Waals surface area (Å²) >= 11 is 0. The minimum Gasteiger partial charge on any atom is -0.494 e. The van der Waals surface area contributed by atoms with Gasteiger partial charge in [0.1, 0.15) is 5.75 Å². The van der Waals surface area contributed by atoms with Crippen molar-refractivity contribution in [2.75, 3.05) is 13.1 Å². The van der Waals surface area contributed by atoms with Gasteiger partial charge in [-0.2, -0.15) is 0 Å². The summed E-state index contributed by atoms with van der Waals surface area (Å²) in [7, 11) is -0.869. The molecule has 2 nitrogen and oxygen atoms in total. The second-order valence-corrected chi connectivity index (χ2v) is 13.3. The monoisotopic (exact) mass is 425 g/mol. The molecule has 0 N–H and O–H groups in total. The van der Waals surface area contributed by atoms with Gasteiger partial charge in [0.2, 0.25) is 0 Å². The Morgan fingerprint density at radius 1 is 1.20 bits per heavy atom. The zero-order chi connectivity index (χ0) is 22.0. The van der Waals surface area contributed by atoms with Crippen molar-refractivity contribution in [2.45, 2.75) is 85.2 Å². The fourth-order valence-corrected chi connectivity index (χ4v) is 6.10. The third-order valence-corrected chi connectivity index (χ3v) is 7.80. The molecule has 0 aromatic heterocycles. The van der Waals surface area contributed by atoms with Crippen LogP contribution < -0.4 is 4.74 Å². The predicted octanol–water partition coefficient (Wildman–Crippen LogP) is 6.47. The SMILES string of the molecule is CCN(C/C=C/C#CC(C)(C)C)Cc1cccc(OC(C2CCCCC2)[SiH](C)C)c1. The third kappa shape index (κ3) is 9.10. The highest BCUT2D eigenvalue weighted by Gasteiger charge is 2.28. The molecule has 30 heavy (non-hydrogen) atoms. The van der Waals surface area contributed by atoms with Crippen LogP contribution in [0.1, 0.15) is 65.4 Å². The second kappa shape index (κ2) is 12.4. The Balaban J connectivity index is 1.97. The van der Waals surface area contributed by atoms with Crippen LogP contribution in [0.25, 0.3) is 0 Å². The van der Waals surface area contributed by atoms with Gasteiger partial charge in [0.25, 0.3) is 0 Å². The van der Waals surface area contributed by atoms with E-state index in [-0.39, 0.29) is 5.41 Å². The van der Waals surface area contributed by atoms with Crippen LogP contribution in [0.3, 0.4) is 0 Å². The molecule has 1 fully saturated rings. The molecule has 1 aromatic rings. The molecule has 0 aliphatic heterocycles. The molecule has 1 unspecified atom stereocenters. The van der Waals surface area contributed by atoms with Gasteiger partial charge in [0, 0.05) is 18.5 Å². The van der Waals surface area contributed by atoms with E-state index >= 15 is 0 Å². The summed E-state index contributed by atoms with van der Waals surface area (Å²) in [6.45, 7) is 16.4. The Morgan fingerprint density at radius 2 is 1.93 bits per heavy atom. The smallest absolute Gasteiger partial charge is 0.119 e. The Morgan fingerprint density at radius 3 is 2.57 bits per heavy atom. The molecule has 1 aliphatic carbocycles. The molecular formula is C27H43NOSi. The quantitative estimate of drug-likeness (QED) is 0.332. The maximum atomic E-state index is 6.63. The average Bonchev–Trinajstić information content (AvgIpc) is 2.71. The molecule has 1 atom stereocenters. The van der Waals surface area contributed by atoms with E-state index in [0.717, 1.165) is 31.3 Å². The molecule has 1 aliphatic rings. The molecule has 2 rings (SSSR count). The molecule has 0 bridgehead atoms. The highest BCUT2D eigenvalue weighted by Crippen LogP contribution is 2.30. The van der Waals surface area contributed by atoms with Crippen LogP contribution in [-0.2, 0) is 6.54 Å². The first kappa shape index (κ1) is 24.8. The second-order valence-electron chi connectivity index (χ2n) is 10.1. The number of benzene rings is 1. The molecule has 0 radical (unpaired) electrons. The lowest BCUT2D eigenvalue weighted by Crippen LogP contribution is -2.39. The highest BCUT2D eigenvalue weighted by molar-refractivity contribution is 6.57. The van der Waals surface area contributed by atoms with Crippen LogP contribution >= 0.6 is 0 Å². The molecule has 0 saturated heterocycles. The zero-order valence-corrected chi connectivity index (χ0v) is 21.4. The predicted molar refractivity (Wildman–Crippen MR) is 134 cm³/mol. The van der Waals surface area contributed by atoms with Crippen molar-refractivity contribution >= 4 is 8.80 Å². The van der Waals surface area contributed by atoms with E-state index in [2.05, 4.69) is 87.9 Å². The molecule has 1 saturated carbocycles.